The number of methoxy groups -OCH3 is 1. The van der Waals surface area contributed by atoms with Gasteiger partial charge in [0.15, 0.2) is 0 Å². The summed E-state index contributed by atoms with van der Waals surface area (Å²) in [5, 5.41) is 9.18. The summed E-state index contributed by atoms with van der Waals surface area (Å²) >= 11 is 0. The Labute approximate surface area is 128 Å². The normalized spacial score (nSPS) is 10.6. The molecule has 0 unspecified atom stereocenters. The van der Waals surface area contributed by atoms with Crippen LogP contribution in [0.3, 0.4) is 0 Å². The molecule has 118 valence electrons. The lowest BCUT2D eigenvalue weighted by Crippen LogP contribution is -2.01. The summed E-state index contributed by atoms with van der Waals surface area (Å²) in [5.41, 5.74) is 1.87. The predicted octanol–water partition coefficient (Wildman–Crippen LogP) is 4.05. The van der Waals surface area contributed by atoms with Crippen molar-refractivity contribution >= 4 is 5.78 Å². The molecule has 0 aliphatic rings. The fraction of sp³-hybridized carbons (Fsp3) is 0.611. The second-order valence-corrected chi connectivity index (χ2v) is 5.51. The van der Waals surface area contributed by atoms with Crippen molar-refractivity contribution in [3.63, 3.8) is 0 Å². The monoisotopic (exact) mass is 292 g/mol. The number of Topliss-reactive ketones (excluding diaryl/α,β-unsaturated/α-hetero) is 1. The fourth-order valence-corrected chi connectivity index (χ4v) is 2.41. The molecule has 0 saturated carbocycles. The van der Waals surface area contributed by atoms with Crippen molar-refractivity contribution < 1.29 is 14.6 Å². The number of hydrogen-bond donors (Lipinski definition) is 1. The lowest BCUT2D eigenvalue weighted by Gasteiger charge is -2.08. The van der Waals surface area contributed by atoms with Crippen molar-refractivity contribution in [1.82, 2.24) is 0 Å². The van der Waals surface area contributed by atoms with E-state index in [0.29, 0.717) is 24.4 Å². The molecular weight excluding hydrogens is 264 g/mol. The quantitative estimate of drug-likeness (QED) is 0.626. The number of carbonyl (C=O) groups excluding carboxylic acids is 1. The first-order valence-corrected chi connectivity index (χ1v) is 7.99. The topological polar surface area (TPSA) is 46.5 Å². The number of rotatable bonds is 11. The Bertz CT molecular complexity index is 426. The number of aliphatic hydroxyl groups is 1. The molecule has 0 heterocycles. The van der Waals surface area contributed by atoms with Crippen molar-refractivity contribution in [3.8, 4) is 5.75 Å². The van der Waals surface area contributed by atoms with Crippen molar-refractivity contribution in [2.24, 2.45) is 0 Å². The van der Waals surface area contributed by atoms with Crippen LogP contribution in [-0.2, 0) is 17.8 Å². The molecule has 0 aliphatic heterocycles. The lowest BCUT2D eigenvalue weighted by molar-refractivity contribution is -0.119. The first kappa shape index (κ1) is 17.7. The Morgan fingerprint density at radius 1 is 1.14 bits per heavy atom. The van der Waals surface area contributed by atoms with Gasteiger partial charge in [-0.05, 0) is 24.5 Å². The highest BCUT2D eigenvalue weighted by Gasteiger charge is 2.06. The van der Waals surface area contributed by atoms with Crippen LogP contribution in [0.25, 0.3) is 0 Å². The van der Waals surface area contributed by atoms with Crippen LogP contribution < -0.4 is 4.74 Å². The van der Waals surface area contributed by atoms with Crippen LogP contribution in [0.2, 0.25) is 0 Å². The second kappa shape index (κ2) is 10.4. The van der Waals surface area contributed by atoms with Crippen LogP contribution in [0, 0.1) is 0 Å². The van der Waals surface area contributed by atoms with E-state index < -0.39 is 0 Å². The average molecular weight is 292 g/mol. The maximum atomic E-state index is 11.9. The molecule has 1 rings (SSSR count). The van der Waals surface area contributed by atoms with E-state index in [9.17, 15) is 9.90 Å². The van der Waals surface area contributed by atoms with Crippen LogP contribution in [0.15, 0.2) is 18.2 Å². The average Bonchev–Trinajstić information content (AvgIpc) is 2.52. The number of carbonyl (C=O) groups is 1. The summed E-state index contributed by atoms with van der Waals surface area (Å²) in [6.07, 6.45) is 7.97. The summed E-state index contributed by atoms with van der Waals surface area (Å²) in [6, 6.07) is 5.74. The molecule has 0 amide bonds. The molecule has 0 aromatic heterocycles. The molecule has 3 heteroatoms. The highest BCUT2D eigenvalue weighted by atomic mass is 16.5. The molecule has 1 aromatic carbocycles. The van der Waals surface area contributed by atoms with Crippen LogP contribution in [0.5, 0.6) is 5.75 Å². The van der Waals surface area contributed by atoms with Gasteiger partial charge in [0, 0.05) is 18.4 Å². The molecule has 3 nitrogen and oxygen atoms in total. The fourth-order valence-electron chi connectivity index (χ4n) is 2.41. The van der Waals surface area contributed by atoms with Gasteiger partial charge in [0.1, 0.15) is 11.5 Å². The molecule has 21 heavy (non-hydrogen) atoms. The number of benzene rings is 1. The second-order valence-electron chi connectivity index (χ2n) is 5.51. The third-order valence-electron chi connectivity index (χ3n) is 3.77. The van der Waals surface area contributed by atoms with Crippen molar-refractivity contribution in [1.29, 1.82) is 0 Å². The van der Waals surface area contributed by atoms with Gasteiger partial charge in [-0.25, -0.2) is 0 Å². The Morgan fingerprint density at radius 2 is 1.90 bits per heavy atom. The zero-order valence-corrected chi connectivity index (χ0v) is 13.4. The van der Waals surface area contributed by atoms with Crippen molar-refractivity contribution in [2.75, 3.05) is 7.11 Å². The van der Waals surface area contributed by atoms with E-state index >= 15 is 0 Å². The van der Waals surface area contributed by atoms with E-state index in [2.05, 4.69) is 6.92 Å². The number of ketones is 1. The number of unbranched alkanes of at least 4 members (excludes halogenated alkanes) is 4. The Balaban J connectivity index is 2.32. The van der Waals surface area contributed by atoms with Crippen LogP contribution in [0.1, 0.15) is 63.0 Å². The van der Waals surface area contributed by atoms with E-state index in [0.717, 1.165) is 24.0 Å². The summed E-state index contributed by atoms with van der Waals surface area (Å²) in [7, 11) is 1.60. The molecule has 0 spiro atoms. The smallest absolute Gasteiger partial charge is 0.133 e. The van der Waals surface area contributed by atoms with E-state index in [4.69, 9.17) is 4.74 Å². The van der Waals surface area contributed by atoms with Crippen molar-refractivity contribution in [3.05, 3.63) is 29.3 Å². The zero-order chi connectivity index (χ0) is 15.5. The molecule has 0 radical (unpaired) electrons. The number of hydrogen-bond acceptors (Lipinski definition) is 3. The van der Waals surface area contributed by atoms with Gasteiger partial charge in [-0.3, -0.25) is 4.79 Å². The van der Waals surface area contributed by atoms with Crippen LogP contribution >= 0.6 is 0 Å². The Kier molecular flexibility index (Phi) is 8.76. The molecular formula is C18H28O3. The largest absolute Gasteiger partial charge is 0.496 e. The van der Waals surface area contributed by atoms with Gasteiger partial charge in [0.25, 0.3) is 0 Å². The molecule has 1 aromatic rings. The van der Waals surface area contributed by atoms with Gasteiger partial charge in [-0.1, -0.05) is 44.7 Å². The molecule has 0 atom stereocenters. The first-order chi connectivity index (χ1) is 10.2. The minimum Gasteiger partial charge on any atom is -0.496 e. The lowest BCUT2D eigenvalue weighted by atomic mass is 10.0. The third kappa shape index (κ3) is 6.76. The van der Waals surface area contributed by atoms with Gasteiger partial charge in [0.2, 0.25) is 0 Å². The summed E-state index contributed by atoms with van der Waals surface area (Å²) in [6.45, 7) is 2.17. The van der Waals surface area contributed by atoms with E-state index in [1.165, 1.54) is 25.7 Å². The molecule has 0 bridgehead atoms. The zero-order valence-electron chi connectivity index (χ0n) is 13.4. The van der Waals surface area contributed by atoms with E-state index in [-0.39, 0.29) is 6.61 Å². The first-order valence-electron chi connectivity index (χ1n) is 7.99. The summed E-state index contributed by atoms with van der Waals surface area (Å²) in [4.78, 5) is 11.9. The maximum absolute atomic E-state index is 11.9. The predicted molar refractivity (Wildman–Crippen MR) is 85.6 cm³/mol. The van der Waals surface area contributed by atoms with Crippen molar-refractivity contribution in [2.45, 2.75) is 64.9 Å². The summed E-state index contributed by atoms with van der Waals surface area (Å²) < 4.78 is 5.24. The van der Waals surface area contributed by atoms with Crippen LogP contribution in [-0.4, -0.2) is 18.0 Å². The SMILES string of the molecule is CCCCCCCC(=O)CCc1ccc(CO)c(OC)c1. The van der Waals surface area contributed by atoms with Gasteiger partial charge in [-0.15, -0.1) is 0 Å². The number of ether oxygens (including phenoxy) is 1. The molecule has 0 fully saturated rings. The van der Waals surface area contributed by atoms with Crippen LogP contribution in [0.4, 0.5) is 0 Å². The molecule has 0 saturated heterocycles. The Hall–Kier alpha value is -1.35. The van der Waals surface area contributed by atoms with E-state index in [1.54, 1.807) is 7.11 Å². The Morgan fingerprint density at radius 3 is 2.57 bits per heavy atom. The third-order valence-corrected chi connectivity index (χ3v) is 3.77. The molecule has 1 N–H and O–H groups in total. The van der Waals surface area contributed by atoms with E-state index in [1.807, 2.05) is 18.2 Å². The maximum Gasteiger partial charge on any atom is 0.133 e. The van der Waals surface area contributed by atoms with Gasteiger partial charge in [-0.2, -0.15) is 0 Å². The van der Waals surface area contributed by atoms with Gasteiger partial charge < -0.3 is 9.84 Å². The van der Waals surface area contributed by atoms with Gasteiger partial charge in [0.05, 0.1) is 13.7 Å². The highest BCUT2D eigenvalue weighted by Crippen LogP contribution is 2.21. The number of aryl methyl sites for hydroxylation is 1. The number of aliphatic hydroxyl groups excluding tert-OH is 1. The molecule has 0 aliphatic carbocycles. The minimum absolute atomic E-state index is 0.0276. The van der Waals surface area contributed by atoms with Gasteiger partial charge >= 0.3 is 0 Å². The standard InChI is InChI=1S/C18H28O3/c1-3-4-5-6-7-8-17(20)12-10-15-9-11-16(14-19)18(13-15)21-2/h9,11,13,19H,3-8,10,12,14H2,1-2H3. The summed E-state index contributed by atoms with van der Waals surface area (Å²) in [5.74, 6) is 1.04. The highest BCUT2D eigenvalue weighted by molar-refractivity contribution is 5.78. The minimum atomic E-state index is -0.0276.